The van der Waals surface area contributed by atoms with E-state index in [1.165, 1.54) is 0 Å². The number of aliphatic hydroxyl groups is 1. The van der Waals surface area contributed by atoms with Crippen LogP contribution in [0.15, 0.2) is 51.4 Å². The molecule has 0 bridgehead atoms. The number of aliphatic imine (C=N–C) groups is 3. The van der Waals surface area contributed by atoms with Gasteiger partial charge in [-0.05, 0) is 31.9 Å². The van der Waals surface area contributed by atoms with Crippen molar-refractivity contribution < 1.29 is 33.6 Å². The van der Waals surface area contributed by atoms with Crippen LogP contribution in [0.5, 0.6) is 17.2 Å². The number of methoxy groups -OCH3 is 1. The molecule has 5 aliphatic heterocycles. The molecule has 250 valence electrons. The van der Waals surface area contributed by atoms with E-state index in [4.69, 9.17) is 24.7 Å². The normalized spacial score (nSPS) is 23.0. The molecule has 4 N–H and O–H groups in total. The number of carbonyl (C=O) groups is 2. The van der Waals surface area contributed by atoms with E-state index in [9.17, 15) is 14.7 Å². The first kappa shape index (κ1) is 32.1. The number of hydrogen-bond donors (Lipinski definition) is 3. The minimum Gasteiger partial charge on any atom is -0.496 e. The summed E-state index contributed by atoms with van der Waals surface area (Å²) >= 11 is 0. The third-order valence-corrected chi connectivity index (χ3v) is 8.82. The first-order valence-corrected chi connectivity index (χ1v) is 16.0. The van der Waals surface area contributed by atoms with Crippen LogP contribution in [0.1, 0.15) is 64.0 Å². The zero-order valence-electron chi connectivity index (χ0n) is 27.1. The van der Waals surface area contributed by atoms with Gasteiger partial charge in [-0.25, -0.2) is 4.79 Å². The minimum absolute atomic E-state index is 0.0270. The number of ether oxygens (including phenoxy) is 4. The van der Waals surface area contributed by atoms with Gasteiger partial charge in [0.2, 0.25) is 11.7 Å². The lowest BCUT2D eigenvalue weighted by Gasteiger charge is -2.33. The van der Waals surface area contributed by atoms with Crippen molar-refractivity contribution in [3.8, 4) is 17.2 Å². The largest absolute Gasteiger partial charge is 0.496 e. The molecule has 1 aromatic rings. The molecule has 47 heavy (non-hydrogen) atoms. The predicted molar refractivity (Wildman–Crippen MR) is 175 cm³/mol. The van der Waals surface area contributed by atoms with E-state index in [-0.39, 0.29) is 30.7 Å². The predicted octanol–water partition coefficient (Wildman–Crippen LogP) is 2.57. The summed E-state index contributed by atoms with van der Waals surface area (Å²) < 4.78 is 23.7. The maximum Gasteiger partial charge on any atom is 0.374 e. The number of amidine groups is 1. The number of esters is 1. The maximum atomic E-state index is 12.9. The van der Waals surface area contributed by atoms with E-state index in [0.717, 1.165) is 31.2 Å². The van der Waals surface area contributed by atoms with E-state index in [1.807, 2.05) is 29.0 Å². The van der Waals surface area contributed by atoms with E-state index >= 15 is 0 Å². The summed E-state index contributed by atoms with van der Waals surface area (Å²) in [6.45, 7) is 6.47. The average Bonchev–Trinajstić information content (AvgIpc) is 3.79. The summed E-state index contributed by atoms with van der Waals surface area (Å²) in [6.07, 6.45) is 11.7. The summed E-state index contributed by atoms with van der Waals surface area (Å²) in [4.78, 5) is 41.3. The first-order valence-electron chi connectivity index (χ1n) is 16.0. The Labute approximate surface area is 273 Å². The van der Waals surface area contributed by atoms with Crippen LogP contribution in [0.25, 0.3) is 5.57 Å². The molecule has 0 radical (unpaired) electrons. The van der Waals surface area contributed by atoms with Crippen LogP contribution in [0.3, 0.4) is 0 Å². The molecule has 5 heterocycles. The third-order valence-electron chi connectivity index (χ3n) is 8.82. The molecule has 0 aromatic heterocycles. The Morgan fingerprint density at radius 1 is 1.26 bits per heavy atom. The zero-order valence-corrected chi connectivity index (χ0v) is 27.1. The number of amides is 1. The second kappa shape index (κ2) is 13.1. The molecule has 6 rings (SSSR count). The number of carbonyl (C=O) groups excluding carboxylic acids is 2. The molecule has 0 fully saturated rings. The Hall–Kier alpha value is -4.85. The molecule has 1 amide bonds. The van der Waals surface area contributed by atoms with Crippen molar-refractivity contribution in [2.24, 2.45) is 20.7 Å². The summed E-state index contributed by atoms with van der Waals surface area (Å²) in [7, 11) is 1.59. The SMILES string of the molecule is CCCCCC[C@](C)(O)[C@@H]1Cc2c(cc3c(c2OC)/C(=C/CN2C=CNC2N2CN=C4C(=O)N=C(N)N=C42)C=C(C(=O)OCC)O3)O1. The number of fused-ring (bicyclic) bond motifs is 3. The summed E-state index contributed by atoms with van der Waals surface area (Å²) in [5, 5.41) is 14.7. The van der Waals surface area contributed by atoms with E-state index in [2.05, 4.69) is 27.2 Å². The Bertz CT molecular complexity index is 1640. The maximum absolute atomic E-state index is 12.9. The van der Waals surface area contributed by atoms with E-state index in [0.29, 0.717) is 53.6 Å². The molecule has 0 saturated heterocycles. The van der Waals surface area contributed by atoms with Gasteiger partial charge in [-0.2, -0.15) is 9.98 Å². The number of allylic oxidation sites excluding steroid dienone is 2. The molecule has 0 saturated carbocycles. The number of nitrogens with one attached hydrogen (secondary N) is 1. The van der Waals surface area contributed by atoms with Gasteiger partial charge in [0, 0.05) is 37.0 Å². The van der Waals surface area contributed by atoms with Crippen LogP contribution in [0.2, 0.25) is 0 Å². The monoisotopic (exact) mass is 647 g/mol. The Kier molecular flexibility index (Phi) is 8.95. The van der Waals surface area contributed by atoms with Crippen molar-refractivity contribution in [3.63, 3.8) is 0 Å². The van der Waals surface area contributed by atoms with Crippen LogP contribution >= 0.6 is 0 Å². The van der Waals surface area contributed by atoms with Crippen molar-refractivity contribution in [1.82, 2.24) is 15.1 Å². The number of rotatable bonds is 12. The van der Waals surface area contributed by atoms with Gasteiger partial charge in [0.05, 0.1) is 24.9 Å². The topological polar surface area (TPSA) is 173 Å². The van der Waals surface area contributed by atoms with Gasteiger partial charge in [-0.15, -0.1) is 0 Å². The number of nitrogens with zero attached hydrogens (tertiary/aromatic N) is 5. The van der Waals surface area contributed by atoms with Crippen molar-refractivity contribution in [1.29, 1.82) is 0 Å². The van der Waals surface area contributed by atoms with Crippen molar-refractivity contribution in [3.05, 3.63) is 47.5 Å². The third kappa shape index (κ3) is 6.16. The van der Waals surface area contributed by atoms with Crippen molar-refractivity contribution in [2.45, 2.75) is 77.3 Å². The lowest BCUT2D eigenvalue weighted by molar-refractivity contribution is -0.141. The molecule has 14 heteroatoms. The second-order valence-corrected chi connectivity index (χ2v) is 12.1. The van der Waals surface area contributed by atoms with Crippen LogP contribution < -0.4 is 25.3 Å². The van der Waals surface area contributed by atoms with Crippen molar-refractivity contribution >= 4 is 35.0 Å². The van der Waals surface area contributed by atoms with Gasteiger partial charge < -0.3 is 40.0 Å². The highest BCUT2D eigenvalue weighted by Crippen LogP contribution is 2.50. The number of hydrogen-bond acceptors (Lipinski definition) is 13. The molecule has 14 nitrogen and oxygen atoms in total. The number of unbranched alkanes of at least 4 members (excludes halogenated alkanes) is 3. The molecular formula is C33H41N7O7. The Morgan fingerprint density at radius 3 is 2.85 bits per heavy atom. The minimum atomic E-state index is -1.04. The fourth-order valence-corrected chi connectivity index (χ4v) is 6.37. The molecule has 0 spiro atoms. The zero-order chi connectivity index (χ0) is 33.3. The van der Waals surface area contributed by atoms with E-state index < -0.39 is 29.9 Å². The van der Waals surface area contributed by atoms with Crippen LogP contribution in [-0.2, 0) is 20.7 Å². The van der Waals surface area contributed by atoms with Gasteiger partial charge in [0.15, 0.2) is 17.8 Å². The Balaban J connectivity index is 1.30. The molecule has 0 aliphatic carbocycles. The van der Waals surface area contributed by atoms with Gasteiger partial charge in [0.25, 0.3) is 0 Å². The van der Waals surface area contributed by atoms with Gasteiger partial charge in [-0.3, -0.25) is 14.7 Å². The summed E-state index contributed by atoms with van der Waals surface area (Å²) in [6, 6.07) is 1.76. The van der Waals surface area contributed by atoms with Crippen molar-refractivity contribution in [2.75, 3.05) is 26.9 Å². The Morgan fingerprint density at radius 2 is 2.09 bits per heavy atom. The average molecular weight is 648 g/mol. The second-order valence-electron chi connectivity index (χ2n) is 12.1. The number of nitrogens with two attached hydrogens (primary N) is 1. The van der Waals surface area contributed by atoms with Crippen LogP contribution in [0, 0.1) is 0 Å². The fraction of sp³-hybridized carbons (Fsp3) is 0.485. The molecule has 3 atom stereocenters. The molecule has 1 unspecified atom stereocenters. The van der Waals surface area contributed by atoms with Crippen LogP contribution in [0.4, 0.5) is 0 Å². The highest BCUT2D eigenvalue weighted by molar-refractivity contribution is 6.69. The standard InChI is InChI=1S/C33H41N7O7/c1-5-7-8-9-11-33(3,43)24-16-20-21(47-24)17-22-25(27(20)44-4)19(15-23(46-22)30(42)45-6-2)10-13-39-14-12-35-32(39)40-18-36-26-28(40)37-31(34)38-29(26)41/h10,12,14-15,17,24,32,35,43H,5-9,11,13,16,18H2,1-4H3,(H2,34,38,41)/b19-10+/t24-,32?,33-/m0/s1. The lowest BCUT2D eigenvalue weighted by Crippen LogP contribution is -2.53. The smallest absolute Gasteiger partial charge is 0.374 e. The quantitative estimate of drug-likeness (QED) is 0.225. The first-order chi connectivity index (χ1) is 22.6. The van der Waals surface area contributed by atoms with Gasteiger partial charge in [0.1, 0.15) is 30.0 Å². The number of guanidine groups is 1. The van der Waals surface area contributed by atoms with Gasteiger partial charge in [-0.1, -0.05) is 38.7 Å². The molecular weight excluding hydrogens is 606 g/mol. The van der Waals surface area contributed by atoms with E-state index in [1.54, 1.807) is 32.4 Å². The number of benzene rings is 1. The summed E-state index contributed by atoms with van der Waals surface area (Å²) in [5.41, 5.74) is 7.08. The molecule has 5 aliphatic rings. The van der Waals surface area contributed by atoms with Gasteiger partial charge >= 0.3 is 11.9 Å². The highest BCUT2D eigenvalue weighted by atomic mass is 16.6. The highest BCUT2D eigenvalue weighted by Gasteiger charge is 2.42. The summed E-state index contributed by atoms with van der Waals surface area (Å²) in [5.74, 6) is 0.638. The fourth-order valence-electron chi connectivity index (χ4n) is 6.37. The van der Waals surface area contributed by atoms with Crippen LogP contribution in [-0.4, -0.2) is 89.2 Å². The molecule has 1 aromatic carbocycles. The lowest BCUT2D eigenvalue weighted by atomic mass is 9.88.